The molecule has 4 nitrogen and oxygen atoms in total. The highest BCUT2D eigenvalue weighted by molar-refractivity contribution is 5.81. The fourth-order valence-corrected chi connectivity index (χ4v) is 1.13. The van der Waals surface area contributed by atoms with E-state index in [1.807, 2.05) is 0 Å². The largest absolute Gasteiger partial charge is 0.395 e. The van der Waals surface area contributed by atoms with Crippen molar-refractivity contribution in [1.82, 2.24) is 10.6 Å². The molecule has 3 N–H and O–H groups in total. The van der Waals surface area contributed by atoms with Crippen LogP contribution in [-0.4, -0.2) is 37.3 Å². The van der Waals surface area contributed by atoms with Crippen molar-refractivity contribution < 1.29 is 9.90 Å². The Morgan fingerprint density at radius 3 is 2.46 bits per heavy atom. The van der Waals surface area contributed by atoms with Gasteiger partial charge in [-0.2, -0.15) is 0 Å². The van der Waals surface area contributed by atoms with E-state index in [0.29, 0.717) is 12.5 Å². The molecule has 1 atom stereocenters. The molecule has 0 aromatic heterocycles. The Bertz CT molecular complexity index is 149. The highest BCUT2D eigenvalue weighted by atomic mass is 16.3. The van der Waals surface area contributed by atoms with Gasteiger partial charge >= 0.3 is 0 Å². The van der Waals surface area contributed by atoms with Crippen molar-refractivity contribution in [1.29, 1.82) is 0 Å². The number of hydrogen-bond donors (Lipinski definition) is 3. The second kappa shape index (κ2) is 6.86. The Balaban J connectivity index is 3.85. The third kappa shape index (κ3) is 5.60. The molecule has 0 rings (SSSR count). The Morgan fingerprint density at radius 1 is 1.46 bits per heavy atom. The smallest absolute Gasteiger partial charge is 0.237 e. The van der Waals surface area contributed by atoms with Crippen LogP contribution in [0.5, 0.6) is 0 Å². The first kappa shape index (κ1) is 12.4. The number of aliphatic hydroxyl groups excluding tert-OH is 1. The maximum absolute atomic E-state index is 11.4. The third-order valence-electron chi connectivity index (χ3n) is 1.78. The molecule has 0 heterocycles. The number of likely N-dealkylation sites (N-methyl/N-ethyl adjacent to an activating group) is 1. The van der Waals surface area contributed by atoms with Crippen LogP contribution >= 0.6 is 0 Å². The number of nitrogens with one attached hydrogen (secondary N) is 2. The predicted molar refractivity (Wildman–Crippen MR) is 52.4 cm³/mol. The number of hydrogen-bond acceptors (Lipinski definition) is 3. The fourth-order valence-electron chi connectivity index (χ4n) is 1.13. The van der Waals surface area contributed by atoms with Gasteiger partial charge in [0.2, 0.25) is 5.91 Å². The zero-order chi connectivity index (χ0) is 10.3. The molecule has 0 bridgehead atoms. The minimum Gasteiger partial charge on any atom is -0.395 e. The molecule has 4 heteroatoms. The first-order valence-electron chi connectivity index (χ1n) is 4.67. The maximum atomic E-state index is 11.4. The average Bonchev–Trinajstić information content (AvgIpc) is 2.09. The van der Waals surface area contributed by atoms with E-state index in [4.69, 9.17) is 5.11 Å². The van der Waals surface area contributed by atoms with Gasteiger partial charge in [-0.15, -0.1) is 0 Å². The summed E-state index contributed by atoms with van der Waals surface area (Å²) in [6, 6.07) is -0.147. The van der Waals surface area contributed by atoms with E-state index in [0.717, 1.165) is 6.42 Å². The Labute approximate surface area is 79.7 Å². The maximum Gasteiger partial charge on any atom is 0.237 e. The summed E-state index contributed by atoms with van der Waals surface area (Å²) >= 11 is 0. The molecule has 0 fully saturated rings. The summed E-state index contributed by atoms with van der Waals surface area (Å²) in [5.74, 6) is 0.447. The van der Waals surface area contributed by atoms with Gasteiger partial charge in [-0.05, 0) is 19.4 Å². The van der Waals surface area contributed by atoms with Crippen LogP contribution in [-0.2, 0) is 4.79 Å². The quantitative estimate of drug-likeness (QED) is 0.537. The van der Waals surface area contributed by atoms with Crippen LogP contribution in [0.2, 0.25) is 0 Å². The van der Waals surface area contributed by atoms with Gasteiger partial charge in [-0.1, -0.05) is 13.8 Å². The minimum atomic E-state index is -0.147. The summed E-state index contributed by atoms with van der Waals surface area (Å²) in [5, 5.41) is 14.1. The number of carbonyl (C=O) groups is 1. The SMILES string of the molecule is CNC(CC(C)C)C(=O)NCCO. The zero-order valence-corrected chi connectivity index (χ0v) is 8.63. The monoisotopic (exact) mass is 188 g/mol. The van der Waals surface area contributed by atoms with E-state index in [-0.39, 0.29) is 18.6 Å². The molecule has 0 saturated heterocycles. The van der Waals surface area contributed by atoms with Gasteiger partial charge in [0.1, 0.15) is 0 Å². The minimum absolute atomic E-state index is 0.0101. The lowest BCUT2D eigenvalue weighted by Crippen LogP contribution is -2.44. The molecule has 78 valence electrons. The lowest BCUT2D eigenvalue weighted by Gasteiger charge is -2.17. The van der Waals surface area contributed by atoms with Gasteiger partial charge in [-0.3, -0.25) is 4.79 Å². The van der Waals surface area contributed by atoms with Crippen LogP contribution in [0.15, 0.2) is 0 Å². The van der Waals surface area contributed by atoms with E-state index < -0.39 is 0 Å². The van der Waals surface area contributed by atoms with Crippen LogP contribution in [0.3, 0.4) is 0 Å². The van der Waals surface area contributed by atoms with Gasteiger partial charge in [0.25, 0.3) is 0 Å². The summed E-state index contributed by atoms with van der Waals surface area (Å²) in [6.07, 6.45) is 0.813. The summed E-state index contributed by atoms with van der Waals surface area (Å²) in [4.78, 5) is 11.4. The highest BCUT2D eigenvalue weighted by Crippen LogP contribution is 2.03. The standard InChI is InChI=1S/C9H20N2O2/c1-7(2)6-8(10-3)9(13)11-4-5-12/h7-8,10,12H,4-6H2,1-3H3,(H,11,13). The molecule has 0 aromatic carbocycles. The second-order valence-corrected chi connectivity index (χ2v) is 3.49. The van der Waals surface area contributed by atoms with Crippen molar-refractivity contribution in [2.75, 3.05) is 20.2 Å². The summed E-state index contributed by atoms with van der Waals surface area (Å²) < 4.78 is 0. The molecule has 0 aromatic rings. The van der Waals surface area contributed by atoms with E-state index in [9.17, 15) is 4.79 Å². The Hall–Kier alpha value is -0.610. The number of amides is 1. The molecule has 1 amide bonds. The molecule has 13 heavy (non-hydrogen) atoms. The van der Waals surface area contributed by atoms with Crippen molar-refractivity contribution >= 4 is 5.91 Å². The molecule has 0 aliphatic heterocycles. The fraction of sp³-hybridized carbons (Fsp3) is 0.889. The Morgan fingerprint density at radius 2 is 2.08 bits per heavy atom. The van der Waals surface area contributed by atoms with Crippen LogP contribution in [0.4, 0.5) is 0 Å². The van der Waals surface area contributed by atoms with Crippen molar-refractivity contribution in [3.8, 4) is 0 Å². The van der Waals surface area contributed by atoms with Gasteiger partial charge in [0.15, 0.2) is 0 Å². The van der Waals surface area contributed by atoms with Crippen molar-refractivity contribution in [2.24, 2.45) is 5.92 Å². The topological polar surface area (TPSA) is 61.4 Å². The van der Waals surface area contributed by atoms with Crippen LogP contribution in [0.1, 0.15) is 20.3 Å². The second-order valence-electron chi connectivity index (χ2n) is 3.49. The molecule has 1 unspecified atom stereocenters. The summed E-state index contributed by atoms with van der Waals surface area (Å²) in [5.41, 5.74) is 0. The number of aliphatic hydroxyl groups is 1. The molecule has 0 aliphatic rings. The Kier molecular flexibility index (Phi) is 6.54. The molecular formula is C9H20N2O2. The molecule has 0 aliphatic carbocycles. The van der Waals surface area contributed by atoms with Crippen LogP contribution in [0.25, 0.3) is 0 Å². The van der Waals surface area contributed by atoms with Gasteiger partial charge in [0, 0.05) is 6.54 Å². The normalized spacial score (nSPS) is 13.0. The zero-order valence-electron chi connectivity index (χ0n) is 8.63. The van der Waals surface area contributed by atoms with Gasteiger partial charge < -0.3 is 15.7 Å². The average molecular weight is 188 g/mol. The van der Waals surface area contributed by atoms with Crippen LogP contribution < -0.4 is 10.6 Å². The molecule has 0 radical (unpaired) electrons. The molecule has 0 spiro atoms. The van der Waals surface area contributed by atoms with Crippen LogP contribution in [0, 0.1) is 5.92 Å². The molecular weight excluding hydrogens is 168 g/mol. The van der Waals surface area contributed by atoms with E-state index in [1.165, 1.54) is 0 Å². The number of carbonyl (C=O) groups excluding carboxylic acids is 1. The first-order chi connectivity index (χ1) is 6.11. The number of rotatable bonds is 6. The van der Waals surface area contributed by atoms with Crippen molar-refractivity contribution in [2.45, 2.75) is 26.3 Å². The van der Waals surface area contributed by atoms with E-state index in [2.05, 4.69) is 24.5 Å². The lowest BCUT2D eigenvalue weighted by atomic mass is 10.0. The van der Waals surface area contributed by atoms with Gasteiger partial charge in [-0.25, -0.2) is 0 Å². The molecule has 0 saturated carbocycles. The summed E-state index contributed by atoms with van der Waals surface area (Å²) in [7, 11) is 1.77. The van der Waals surface area contributed by atoms with E-state index in [1.54, 1.807) is 7.05 Å². The lowest BCUT2D eigenvalue weighted by molar-refractivity contribution is -0.123. The summed E-state index contributed by atoms with van der Waals surface area (Å²) in [6.45, 7) is 4.46. The highest BCUT2D eigenvalue weighted by Gasteiger charge is 2.16. The van der Waals surface area contributed by atoms with Gasteiger partial charge in [0.05, 0.1) is 12.6 Å². The van der Waals surface area contributed by atoms with E-state index >= 15 is 0 Å². The van der Waals surface area contributed by atoms with Crippen molar-refractivity contribution in [3.05, 3.63) is 0 Å². The first-order valence-corrected chi connectivity index (χ1v) is 4.67. The predicted octanol–water partition coefficient (Wildman–Crippen LogP) is -0.271. The third-order valence-corrected chi connectivity index (χ3v) is 1.78. The van der Waals surface area contributed by atoms with Crippen molar-refractivity contribution in [3.63, 3.8) is 0 Å².